The minimum Gasteiger partial charge on any atom is -0.440 e. The van der Waals surface area contributed by atoms with Crippen molar-refractivity contribution in [3.8, 4) is 0 Å². The Bertz CT molecular complexity index is 2040. The van der Waals surface area contributed by atoms with Gasteiger partial charge in [-0.15, -0.1) is 0 Å². The molecule has 0 heterocycles. The van der Waals surface area contributed by atoms with Crippen molar-refractivity contribution in [1.29, 1.82) is 0 Å². The lowest BCUT2D eigenvalue weighted by atomic mass is 9.85. The molecule has 0 amide bonds. The van der Waals surface area contributed by atoms with Crippen molar-refractivity contribution in [3.05, 3.63) is 116 Å². The Morgan fingerprint density at radius 2 is 0.475 bits per heavy atom. The molecule has 4 nitrogen and oxygen atoms in total. The largest absolute Gasteiger partial charge is 0.440 e. The van der Waals surface area contributed by atoms with Gasteiger partial charge in [0.1, 0.15) is 0 Å². The van der Waals surface area contributed by atoms with Gasteiger partial charge in [-0.3, -0.25) is 0 Å². The number of hydrogen-bond acceptors (Lipinski definition) is 4. The van der Waals surface area contributed by atoms with E-state index in [1.807, 2.05) is 0 Å². The smallest absolute Gasteiger partial charge is 0.336 e. The van der Waals surface area contributed by atoms with Crippen LogP contribution in [-0.4, -0.2) is 67.3 Å². The first-order chi connectivity index (χ1) is 27.3. The van der Waals surface area contributed by atoms with Crippen LogP contribution in [-0.2, 0) is 18.6 Å². The molecule has 0 spiro atoms. The first-order valence-corrected chi connectivity index (χ1v) is 16.7. The second-order valence-electron chi connectivity index (χ2n) is 12.3. The van der Waals surface area contributed by atoms with E-state index in [-0.39, 0.29) is 29.9 Å². The van der Waals surface area contributed by atoms with Gasteiger partial charge >= 0.3 is 45.1 Å². The van der Waals surface area contributed by atoms with Crippen LogP contribution in [0, 0.1) is 116 Å². The standard InChI is InChI=1S/2C15H5B2F10O2.Al.H/c2*1-3(29-17-5-8(20)12(24)15(27)13(25)9(5)21)2-28-16-4-6(18)10(22)14(26)11(23)7(4)19;;/h2*2H2,1H3;;. The van der Waals surface area contributed by atoms with E-state index >= 15 is 0 Å². The van der Waals surface area contributed by atoms with Gasteiger partial charge in [-0.1, -0.05) is 0 Å². The van der Waals surface area contributed by atoms with E-state index in [4.69, 9.17) is 18.6 Å². The molecule has 59 heavy (non-hydrogen) atoms. The molecule has 0 aliphatic rings. The molecule has 0 aromatic heterocycles. The molecular weight excluding hydrogens is 875 g/mol. The van der Waals surface area contributed by atoms with Crippen LogP contribution in [0.3, 0.4) is 0 Å². The summed E-state index contributed by atoms with van der Waals surface area (Å²) in [6, 6.07) is 0. The predicted octanol–water partition coefficient (Wildman–Crippen LogP) is 4.48. The van der Waals surface area contributed by atoms with Crippen LogP contribution in [0.25, 0.3) is 0 Å². The molecule has 29 heteroatoms. The Morgan fingerprint density at radius 1 is 0.305 bits per heavy atom. The highest BCUT2D eigenvalue weighted by atomic mass is 27.1. The molecular formula is C30H11AlB4F20O4. The van der Waals surface area contributed by atoms with Crippen LogP contribution in [0.1, 0.15) is 13.8 Å². The Hall–Kier alpha value is -3.89. The van der Waals surface area contributed by atoms with Crippen LogP contribution < -0.4 is 21.9 Å². The highest BCUT2D eigenvalue weighted by Crippen LogP contribution is 2.24. The number of hydrogen-bond donors (Lipinski definition) is 0. The fraction of sp³-hybridized carbons (Fsp3) is 0.200. The van der Waals surface area contributed by atoms with E-state index in [0.29, 0.717) is 0 Å². The molecule has 0 fully saturated rings. The van der Waals surface area contributed by atoms with Crippen LogP contribution in [0.4, 0.5) is 87.8 Å². The maximum absolute atomic E-state index is 14.5. The Balaban J connectivity index is 1.78. The van der Waals surface area contributed by atoms with Gasteiger partial charge in [-0.2, -0.15) is 0 Å². The van der Waals surface area contributed by atoms with Crippen molar-refractivity contribution in [2.24, 2.45) is 0 Å². The summed E-state index contributed by atoms with van der Waals surface area (Å²) in [5.41, 5.74) is -7.27. The zero-order valence-electron chi connectivity index (χ0n) is 28.6. The van der Waals surface area contributed by atoms with Gasteiger partial charge in [-0.25, -0.2) is 87.8 Å². The third-order valence-electron chi connectivity index (χ3n) is 7.83. The quantitative estimate of drug-likeness (QED) is 0.0721. The molecule has 4 radical (unpaired) electrons. The SMILES string of the molecule is C[C](CO[B]c1c(F)c(F)c(F)c(F)c1F)(O[B]c1c(F)c(F)c(F)c(F)c1F)[AlH][C](C)(CO[B]c1c(F)c(F)c(F)c(F)c1F)O[B]c1c(F)c(F)c(F)c(F)c1F. The highest BCUT2D eigenvalue weighted by Gasteiger charge is 2.43. The lowest BCUT2D eigenvalue weighted by Crippen LogP contribution is -2.58. The Morgan fingerprint density at radius 3 is 0.678 bits per heavy atom. The summed E-state index contributed by atoms with van der Waals surface area (Å²) in [6.45, 7) is -1.34. The molecule has 2 atom stereocenters. The molecule has 4 aromatic rings. The molecule has 2 unspecified atom stereocenters. The normalized spacial score (nSPS) is 13.6. The van der Waals surface area contributed by atoms with Gasteiger partial charge in [0.25, 0.3) is 0 Å². The minimum absolute atomic E-state index is 0.155. The van der Waals surface area contributed by atoms with E-state index in [9.17, 15) is 87.8 Å². The van der Waals surface area contributed by atoms with Gasteiger partial charge < -0.3 is 18.6 Å². The van der Waals surface area contributed by atoms with Gasteiger partial charge in [0.15, 0.2) is 116 Å². The van der Waals surface area contributed by atoms with E-state index in [1.165, 1.54) is 0 Å². The van der Waals surface area contributed by atoms with Gasteiger partial charge in [0.2, 0.25) is 0 Å². The predicted molar refractivity (Wildman–Crippen MR) is 165 cm³/mol. The molecule has 0 aliphatic carbocycles. The van der Waals surface area contributed by atoms with Crippen molar-refractivity contribution in [2.75, 3.05) is 13.2 Å². The fourth-order valence-electron chi connectivity index (χ4n) is 4.95. The van der Waals surface area contributed by atoms with Crippen molar-refractivity contribution in [1.82, 2.24) is 0 Å². The Labute approximate surface area is 325 Å². The maximum atomic E-state index is 14.5. The summed E-state index contributed by atoms with van der Waals surface area (Å²) in [4.78, 5) is 0. The average molecular weight is 886 g/mol. The first kappa shape index (κ1) is 47.8. The van der Waals surface area contributed by atoms with Crippen LogP contribution in [0.5, 0.6) is 0 Å². The first-order valence-electron chi connectivity index (χ1n) is 15.3. The van der Waals surface area contributed by atoms with Crippen LogP contribution in [0.15, 0.2) is 0 Å². The van der Waals surface area contributed by atoms with Crippen molar-refractivity contribution in [3.63, 3.8) is 0 Å². The molecule has 4 aromatic carbocycles. The van der Waals surface area contributed by atoms with Gasteiger partial charge in [0, 0.05) is 44.0 Å². The lowest BCUT2D eigenvalue weighted by molar-refractivity contribution is 0.0748. The highest BCUT2D eigenvalue weighted by molar-refractivity contribution is 6.53. The summed E-state index contributed by atoms with van der Waals surface area (Å²) < 4.78 is 296. The van der Waals surface area contributed by atoms with Gasteiger partial charge in [-0.05, 0) is 13.8 Å². The molecule has 0 bridgehead atoms. The summed E-state index contributed by atoms with van der Waals surface area (Å²) in [7, 11) is -0.698. The van der Waals surface area contributed by atoms with E-state index in [0.717, 1.165) is 13.8 Å². The second kappa shape index (κ2) is 18.4. The topological polar surface area (TPSA) is 36.9 Å². The van der Waals surface area contributed by atoms with Crippen molar-refractivity contribution >= 4 is 67.0 Å². The maximum Gasteiger partial charge on any atom is 0.336 e. The van der Waals surface area contributed by atoms with E-state index in [2.05, 4.69) is 0 Å². The van der Waals surface area contributed by atoms with E-state index < -0.39 is 176 Å². The fourth-order valence-corrected chi connectivity index (χ4v) is 7.31. The zero-order chi connectivity index (χ0) is 44.6. The molecule has 0 N–H and O–H groups in total. The van der Waals surface area contributed by atoms with E-state index in [1.54, 1.807) is 0 Å². The van der Waals surface area contributed by atoms with Crippen LogP contribution >= 0.6 is 0 Å². The number of rotatable bonds is 16. The monoisotopic (exact) mass is 886 g/mol. The minimum atomic E-state index is -3.17. The van der Waals surface area contributed by atoms with Crippen molar-refractivity contribution in [2.45, 2.75) is 22.8 Å². The van der Waals surface area contributed by atoms with Gasteiger partial charge in [0.05, 0.1) is 0 Å². The third-order valence-corrected chi connectivity index (χ3v) is 10.1. The van der Waals surface area contributed by atoms with Crippen LogP contribution in [0.2, 0.25) is 0 Å². The molecule has 0 saturated heterocycles. The molecule has 4 rings (SSSR count). The average Bonchev–Trinajstić information content (AvgIpc) is 3.20. The number of benzene rings is 4. The second-order valence-corrected chi connectivity index (χ2v) is 15.7. The molecule has 0 aliphatic heterocycles. The Kier molecular flexibility index (Phi) is 14.9. The zero-order valence-corrected chi connectivity index (χ0v) is 30.0. The molecule has 0 saturated carbocycles. The molecule has 310 valence electrons. The summed E-state index contributed by atoms with van der Waals surface area (Å²) >= 11 is -3.17. The summed E-state index contributed by atoms with van der Waals surface area (Å²) in [6.07, 6.45) is 0. The summed E-state index contributed by atoms with van der Waals surface area (Å²) in [5.74, 6) is -51.0. The summed E-state index contributed by atoms with van der Waals surface area (Å²) in [5, 5.41) is 0. The lowest BCUT2D eigenvalue weighted by Gasteiger charge is -2.39. The third kappa shape index (κ3) is 9.54. The number of halogens is 20. The van der Waals surface area contributed by atoms with Crippen molar-refractivity contribution < 1.29 is 106 Å².